The summed E-state index contributed by atoms with van der Waals surface area (Å²) in [5.41, 5.74) is 2.00. The monoisotopic (exact) mass is 364 g/mol. The molecule has 0 atom stereocenters. The second kappa shape index (κ2) is 7.51. The first-order valence-electron chi connectivity index (χ1n) is 8.10. The van der Waals surface area contributed by atoms with Gasteiger partial charge in [0.15, 0.2) is 0 Å². The van der Waals surface area contributed by atoms with Crippen LogP contribution < -0.4 is 4.90 Å². The molecule has 0 spiro atoms. The lowest BCUT2D eigenvalue weighted by Crippen LogP contribution is -2.36. The van der Waals surface area contributed by atoms with E-state index in [-0.39, 0.29) is 11.4 Å². The fraction of sp³-hybridized carbons (Fsp3) is 0.333. The summed E-state index contributed by atoms with van der Waals surface area (Å²) in [5, 5.41) is 0. The summed E-state index contributed by atoms with van der Waals surface area (Å²) in [6.07, 6.45) is 0. The van der Waals surface area contributed by atoms with Gasteiger partial charge in [-0.15, -0.1) is 0 Å². The summed E-state index contributed by atoms with van der Waals surface area (Å²) >= 11 is 0. The Morgan fingerprint density at radius 1 is 1.04 bits per heavy atom. The van der Waals surface area contributed by atoms with Crippen LogP contribution in [0.1, 0.15) is 5.56 Å². The van der Waals surface area contributed by atoms with E-state index in [0.29, 0.717) is 0 Å². The first-order chi connectivity index (χ1) is 12.0. The van der Waals surface area contributed by atoms with E-state index in [9.17, 15) is 12.8 Å². The molecule has 3 rings (SSSR count). The van der Waals surface area contributed by atoms with Crippen molar-refractivity contribution in [1.29, 1.82) is 0 Å². The highest BCUT2D eigenvalue weighted by molar-refractivity contribution is 7.89. The number of rotatable bonds is 5. The molecule has 1 saturated heterocycles. The number of sulfonamides is 1. The fourth-order valence-electron chi connectivity index (χ4n) is 2.76. The van der Waals surface area contributed by atoms with Crippen molar-refractivity contribution in [2.24, 2.45) is 0 Å². The molecule has 0 radical (unpaired) electrons. The van der Waals surface area contributed by atoms with E-state index in [1.165, 1.54) is 23.5 Å². The molecule has 134 valence electrons. The Morgan fingerprint density at radius 2 is 1.64 bits per heavy atom. The highest BCUT2D eigenvalue weighted by Crippen LogP contribution is 2.20. The minimum absolute atomic E-state index is 0.0846. The zero-order chi connectivity index (χ0) is 17.9. The third-order valence-electron chi connectivity index (χ3n) is 4.24. The number of ether oxygens (including phenoxy) is 1. The van der Waals surface area contributed by atoms with Crippen LogP contribution in [0.15, 0.2) is 53.4 Å². The number of anilines is 1. The van der Waals surface area contributed by atoms with E-state index in [1.54, 1.807) is 0 Å². The molecule has 0 unspecified atom stereocenters. The highest BCUT2D eigenvalue weighted by atomic mass is 32.2. The molecule has 1 heterocycles. The maximum absolute atomic E-state index is 13.0. The lowest BCUT2D eigenvalue weighted by atomic mass is 10.2. The molecule has 0 aromatic heterocycles. The molecule has 2 aromatic carbocycles. The molecule has 2 aromatic rings. The molecule has 1 aliphatic rings. The standard InChI is InChI=1S/C18H21FN2O3S/c1-20(25(22,23)18-8-4-16(19)5-9-18)14-15-2-6-17(7-3-15)21-10-12-24-13-11-21/h2-9H,10-14H2,1H3. The Hall–Kier alpha value is -1.96. The van der Waals surface area contributed by atoms with Gasteiger partial charge in [0, 0.05) is 32.4 Å². The molecule has 1 aliphatic heterocycles. The number of hydrogen-bond acceptors (Lipinski definition) is 4. The average Bonchev–Trinajstić information content (AvgIpc) is 2.63. The normalized spacial score (nSPS) is 15.6. The Morgan fingerprint density at radius 3 is 2.24 bits per heavy atom. The van der Waals surface area contributed by atoms with Crippen LogP contribution in [0, 0.1) is 5.82 Å². The van der Waals surface area contributed by atoms with Gasteiger partial charge in [-0.05, 0) is 42.0 Å². The van der Waals surface area contributed by atoms with Gasteiger partial charge in [0.05, 0.1) is 18.1 Å². The number of hydrogen-bond donors (Lipinski definition) is 0. The maximum Gasteiger partial charge on any atom is 0.243 e. The maximum atomic E-state index is 13.0. The molecule has 0 amide bonds. The van der Waals surface area contributed by atoms with Crippen molar-refractivity contribution in [3.05, 3.63) is 59.9 Å². The predicted octanol–water partition coefficient (Wildman–Crippen LogP) is 2.48. The van der Waals surface area contributed by atoms with Crippen molar-refractivity contribution >= 4 is 15.7 Å². The molecule has 1 fully saturated rings. The summed E-state index contributed by atoms with van der Waals surface area (Å²) < 4.78 is 44.7. The van der Waals surface area contributed by atoms with Crippen LogP contribution in [-0.2, 0) is 21.3 Å². The first kappa shape index (κ1) is 17.8. The first-order valence-corrected chi connectivity index (χ1v) is 9.54. The Kier molecular flexibility index (Phi) is 5.36. The second-order valence-electron chi connectivity index (χ2n) is 5.98. The van der Waals surface area contributed by atoms with Gasteiger partial charge in [0.25, 0.3) is 0 Å². The van der Waals surface area contributed by atoms with Crippen molar-refractivity contribution in [3.8, 4) is 0 Å². The quantitative estimate of drug-likeness (QED) is 0.818. The van der Waals surface area contributed by atoms with Crippen molar-refractivity contribution in [2.75, 3.05) is 38.3 Å². The summed E-state index contributed by atoms with van der Waals surface area (Å²) in [7, 11) is -2.12. The highest BCUT2D eigenvalue weighted by Gasteiger charge is 2.21. The van der Waals surface area contributed by atoms with E-state index in [4.69, 9.17) is 4.74 Å². The van der Waals surface area contributed by atoms with Gasteiger partial charge in [0.2, 0.25) is 10.0 Å². The van der Waals surface area contributed by atoms with E-state index in [1.807, 2.05) is 24.3 Å². The van der Waals surface area contributed by atoms with Gasteiger partial charge in [-0.1, -0.05) is 12.1 Å². The zero-order valence-electron chi connectivity index (χ0n) is 14.1. The number of halogens is 1. The van der Waals surface area contributed by atoms with Gasteiger partial charge < -0.3 is 9.64 Å². The molecule has 0 saturated carbocycles. The van der Waals surface area contributed by atoms with E-state index < -0.39 is 15.8 Å². The molecular formula is C18H21FN2O3S. The largest absolute Gasteiger partial charge is 0.378 e. The van der Waals surface area contributed by atoms with Crippen LogP contribution in [0.2, 0.25) is 0 Å². The SMILES string of the molecule is CN(Cc1ccc(N2CCOCC2)cc1)S(=O)(=O)c1ccc(F)cc1. The van der Waals surface area contributed by atoms with Crippen molar-refractivity contribution < 1.29 is 17.5 Å². The van der Waals surface area contributed by atoms with Crippen molar-refractivity contribution in [1.82, 2.24) is 4.31 Å². The van der Waals surface area contributed by atoms with E-state index >= 15 is 0 Å². The third-order valence-corrected chi connectivity index (χ3v) is 6.06. The van der Waals surface area contributed by atoms with Crippen LogP contribution >= 0.6 is 0 Å². The van der Waals surface area contributed by atoms with Crippen LogP contribution in [0.4, 0.5) is 10.1 Å². The Balaban J connectivity index is 1.69. The van der Waals surface area contributed by atoms with Gasteiger partial charge in [0.1, 0.15) is 5.82 Å². The average molecular weight is 364 g/mol. The fourth-order valence-corrected chi connectivity index (χ4v) is 3.92. The minimum Gasteiger partial charge on any atom is -0.378 e. The minimum atomic E-state index is -3.64. The third kappa shape index (κ3) is 4.18. The molecule has 7 heteroatoms. The lowest BCUT2D eigenvalue weighted by Gasteiger charge is -2.29. The lowest BCUT2D eigenvalue weighted by molar-refractivity contribution is 0.122. The molecule has 25 heavy (non-hydrogen) atoms. The Bertz CT molecular complexity index is 801. The predicted molar refractivity (Wildman–Crippen MR) is 94.5 cm³/mol. The van der Waals surface area contributed by atoms with Gasteiger partial charge in [-0.3, -0.25) is 0 Å². The molecular weight excluding hydrogens is 343 g/mol. The summed E-state index contributed by atoms with van der Waals surface area (Å²) in [4.78, 5) is 2.33. The topological polar surface area (TPSA) is 49.9 Å². The van der Waals surface area contributed by atoms with E-state index in [2.05, 4.69) is 4.90 Å². The summed E-state index contributed by atoms with van der Waals surface area (Å²) in [6, 6.07) is 12.7. The van der Waals surface area contributed by atoms with Gasteiger partial charge in [-0.25, -0.2) is 12.8 Å². The summed E-state index contributed by atoms with van der Waals surface area (Å²) in [6.45, 7) is 3.42. The van der Waals surface area contributed by atoms with Crippen molar-refractivity contribution in [3.63, 3.8) is 0 Å². The molecule has 0 bridgehead atoms. The Labute approximate surface area is 147 Å². The van der Waals surface area contributed by atoms with Crippen molar-refractivity contribution in [2.45, 2.75) is 11.4 Å². The zero-order valence-corrected chi connectivity index (χ0v) is 14.9. The van der Waals surface area contributed by atoms with Crippen LogP contribution in [0.3, 0.4) is 0 Å². The van der Waals surface area contributed by atoms with Crippen LogP contribution in [0.25, 0.3) is 0 Å². The van der Waals surface area contributed by atoms with Gasteiger partial charge >= 0.3 is 0 Å². The van der Waals surface area contributed by atoms with E-state index in [0.717, 1.165) is 49.7 Å². The number of benzene rings is 2. The van der Waals surface area contributed by atoms with Crippen LogP contribution in [0.5, 0.6) is 0 Å². The van der Waals surface area contributed by atoms with Gasteiger partial charge in [-0.2, -0.15) is 4.31 Å². The molecule has 0 aliphatic carbocycles. The molecule has 0 N–H and O–H groups in total. The van der Waals surface area contributed by atoms with Crippen LogP contribution in [-0.4, -0.2) is 46.1 Å². The summed E-state index contributed by atoms with van der Waals surface area (Å²) in [5.74, 6) is -0.458. The molecule has 5 nitrogen and oxygen atoms in total. The number of nitrogens with zero attached hydrogens (tertiary/aromatic N) is 2. The second-order valence-corrected chi connectivity index (χ2v) is 8.03. The number of morpholine rings is 1. The smallest absolute Gasteiger partial charge is 0.243 e.